The number of nitrogens with zero attached hydrogens (tertiary/aromatic N) is 1. The monoisotopic (exact) mass is 293 g/mol. The normalized spacial score (nSPS) is 12.7. The zero-order chi connectivity index (χ0) is 13.2. The molecular weight excluding hydrogens is 282 g/mol. The molecule has 3 rings (SSSR count). The van der Waals surface area contributed by atoms with Crippen molar-refractivity contribution in [2.24, 2.45) is 0 Å². The molecule has 0 spiro atoms. The van der Waals surface area contributed by atoms with Gasteiger partial charge in [-0.15, -0.1) is 11.3 Å². The Bertz CT molecular complexity index is 697. The zero-order valence-corrected chi connectivity index (χ0v) is 11.8. The molecule has 0 aromatic carbocycles. The Morgan fingerprint density at radius 3 is 3.00 bits per heavy atom. The number of hydrogen-bond donors (Lipinski definition) is 0. The number of thiophene rings is 1. The van der Waals surface area contributed by atoms with Crippen molar-refractivity contribution in [3.05, 3.63) is 47.4 Å². The number of hydrogen-bond acceptors (Lipinski definition) is 5. The Morgan fingerprint density at radius 1 is 1.42 bits per heavy atom. The van der Waals surface area contributed by atoms with E-state index < -0.39 is 10.8 Å². The molecule has 0 bridgehead atoms. The van der Waals surface area contributed by atoms with Crippen LogP contribution in [0.3, 0.4) is 0 Å². The maximum atomic E-state index is 12.2. The first-order chi connectivity index (χ1) is 9.24. The molecule has 0 aliphatic rings. The first kappa shape index (κ1) is 12.4. The molecule has 0 aliphatic carbocycles. The molecule has 0 saturated carbocycles. The highest BCUT2D eigenvalue weighted by Gasteiger charge is 2.14. The highest BCUT2D eigenvalue weighted by molar-refractivity contribution is 7.84. The van der Waals surface area contributed by atoms with Crippen LogP contribution in [0.25, 0.3) is 10.6 Å². The van der Waals surface area contributed by atoms with E-state index >= 15 is 0 Å². The van der Waals surface area contributed by atoms with Gasteiger partial charge in [-0.3, -0.25) is 4.21 Å². The Morgan fingerprint density at radius 2 is 2.32 bits per heavy atom. The van der Waals surface area contributed by atoms with Crippen LogP contribution in [0, 0.1) is 6.92 Å². The molecule has 6 heteroatoms. The third-order valence-corrected chi connectivity index (χ3v) is 5.01. The third kappa shape index (κ3) is 2.54. The van der Waals surface area contributed by atoms with Crippen molar-refractivity contribution in [1.82, 2.24) is 5.16 Å². The van der Waals surface area contributed by atoms with E-state index in [-0.39, 0.29) is 0 Å². The minimum absolute atomic E-state index is 0.329. The quantitative estimate of drug-likeness (QED) is 0.737. The molecule has 0 saturated heterocycles. The van der Waals surface area contributed by atoms with Gasteiger partial charge in [-0.25, -0.2) is 0 Å². The van der Waals surface area contributed by atoms with Gasteiger partial charge in [0, 0.05) is 6.07 Å². The Kier molecular flexibility index (Phi) is 3.35. The summed E-state index contributed by atoms with van der Waals surface area (Å²) in [7, 11) is -1.16. The van der Waals surface area contributed by atoms with Crippen LogP contribution >= 0.6 is 11.3 Å². The summed E-state index contributed by atoms with van der Waals surface area (Å²) < 4.78 is 22.6. The van der Waals surface area contributed by atoms with Gasteiger partial charge in [0.2, 0.25) is 0 Å². The fourth-order valence-electron chi connectivity index (χ4n) is 1.74. The van der Waals surface area contributed by atoms with Gasteiger partial charge in [0.15, 0.2) is 5.76 Å². The van der Waals surface area contributed by atoms with Crippen LogP contribution in [0.1, 0.15) is 11.5 Å². The molecule has 0 aliphatic heterocycles. The lowest BCUT2D eigenvalue weighted by Gasteiger charge is -1.96. The van der Waals surface area contributed by atoms with Crippen molar-refractivity contribution in [3.8, 4) is 10.6 Å². The SMILES string of the molecule is Cc1occc1[S@@](=O)Cc1cc(-c2cccs2)on1. The molecule has 0 unspecified atom stereocenters. The average molecular weight is 293 g/mol. The largest absolute Gasteiger partial charge is 0.468 e. The van der Waals surface area contributed by atoms with Crippen molar-refractivity contribution in [1.29, 1.82) is 0 Å². The van der Waals surface area contributed by atoms with Crippen LogP contribution in [0.4, 0.5) is 0 Å². The van der Waals surface area contributed by atoms with Gasteiger partial charge < -0.3 is 8.94 Å². The van der Waals surface area contributed by atoms with E-state index in [1.807, 2.05) is 23.6 Å². The van der Waals surface area contributed by atoms with E-state index in [9.17, 15) is 4.21 Å². The minimum atomic E-state index is -1.16. The van der Waals surface area contributed by atoms with Gasteiger partial charge in [-0.05, 0) is 24.4 Å². The van der Waals surface area contributed by atoms with E-state index in [1.165, 1.54) is 0 Å². The molecule has 0 N–H and O–H groups in total. The number of aryl methyl sites for hydroxylation is 1. The third-order valence-electron chi connectivity index (χ3n) is 2.66. The molecule has 3 aromatic heterocycles. The second-order valence-corrected chi connectivity index (χ2v) is 6.36. The summed E-state index contributed by atoms with van der Waals surface area (Å²) in [5.41, 5.74) is 0.683. The predicted molar refractivity (Wildman–Crippen MR) is 73.4 cm³/mol. The molecule has 4 nitrogen and oxygen atoms in total. The van der Waals surface area contributed by atoms with E-state index in [4.69, 9.17) is 8.94 Å². The van der Waals surface area contributed by atoms with Crippen molar-refractivity contribution < 1.29 is 13.1 Å². The summed E-state index contributed by atoms with van der Waals surface area (Å²) in [6.07, 6.45) is 1.54. The van der Waals surface area contributed by atoms with Crippen molar-refractivity contribution >= 4 is 22.1 Å². The zero-order valence-electron chi connectivity index (χ0n) is 10.2. The summed E-state index contributed by atoms with van der Waals surface area (Å²) in [6.45, 7) is 1.80. The lowest BCUT2D eigenvalue weighted by Crippen LogP contribution is -1.96. The minimum Gasteiger partial charge on any atom is -0.468 e. The second kappa shape index (κ2) is 5.14. The van der Waals surface area contributed by atoms with Crippen LogP contribution in [-0.4, -0.2) is 9.37 Å². The van der Waals surface area contributed by atoms with Gasteiger partial charge in [-0.2, -0.15) is 0 Å². The maximum Gasteiger partial charge on any atom is 0.177 e. The standard InChI is InChI=1S/C13H11NO3S2/c1-9-13(4-5-16-9)19(15)8-10-7-11(17-14-10)12-3-2-6-18-12/h2-7H,8H2,1H3/t19-/m0/s1. The van der Waals surface area contributed by atoms with E-state index in [2.05, 4.69) is 5.16 Å². The fourth-order valence-corrected chi connectivity index (χ4v) is 3.55. The molecule has 3 aromatic rings. The average Bonchev–Trinajstić information content (AvgIpc) is 3.07. The highest BCUT2D eigenvalue weighted by atomic mass is 32.2. The van der Waals surface area contributed by atoms with Crippen molar-refractivity contribution in [2.45, 2.75) is 17.6 Å². The van der Waals surface area contributed by atoms with Crippen molar-refractivity contribution in [3.63, 3.8) is 0 Å². The number of aromatic nitrogens is 1. The molecule has 19 heavy (non-hydrogen) atoms. The lowest BCUT2D eigenvalue weighted by atomic mass is 10.3. The molecule has 98 valence electrons. The van der Waals surface area contributed by atoms with Crippen LogP contribution in [0.15, 0.2) is 49.7 Å². The Balaban J connectivity index is 1.78. The van der Waals surface area contributed by atoms with E-state index in [0.717, 1.165) is 4.88 Å². The summed E-state index contributed by atoms with van der Waals surface area (Å²) in [5, 5.41) is 5.94. The Hall–Kier alpha value is -1.66. The van der Waals surface area contributed by atoms with E-state index in [0.29, 0.717) is 27.9 Å². The van der Waals surface area contributed by atoms with Gasteiger partial charge in [0.05, 0.1) is 38.3 Å². The summed E-state index contributed by atoms with van der Waals surface area (Å²) in [4.78, 5) is 1.73. The smallest absolute Gasteiger partial charge is 0.177 e. The molecular formula is C13H11NO3S2. The molecule has 3 heterocycles. The lowest BCUT2D eigenvalue weighted by molar-refractivity contribution is 0.427. The topological polar surface area (TPSA) is 56.2 Å². The molecule has 1 atom stereocenters. The summed E-state index contributed by atoms with van der Waals surface area (Å²) in [5.74, 6) is 1.72. The first-order valence-corrected chi connectivity index (χ1v) is 7.86. The summed E-state index contributed by atoms with van der Waals surface area (Å²) >= 11 is 1.58. The molecule has 0 radical (unpaired) electrons. The van der Waals surface area contributed by atoms with Crippen LogP contribution in [0.2, 0.25) is 0 Å². The van der Waals surface area contributed by atoms with Crippen LogP contribution in [-0.2, 0) is 16.6 Å². The van der Waals surface area contributed by atoms with Gasteiger partial charge in [0.1, 0.15) is 5.76 Å². The van der Waals surface area contributed by atoms with Gasteiger partial charge >= 0.3 is 0 Å². The fraction of sp³-hybridized carbons (Fsp3) is 0.154. The van der Waals surface area contributed by atoms with E-state index in [1.54, 1.807) is 30.6 Å². The second-order valence-electron chi connectivity index (χ2n) is 3.99. The van der Waals surface area contributed by atoms with Crippen LogP contribution < -0.4 is 0 Å². The molecule has 0 fully saturated rings. The first-order valence-electron chi connectivity index (χ1n) is 5.66. The number of furan rings is 1. The predicted octanol–water partition coefficient (Wildman–Crippen LogP) is 3.61. The maximum absolute atomic E-state index is 12.2. The highest BCUT2D eigenvalue weighted by Crippen LogP contribution is 2.26. The summed E-state index contributed by atoms with van der Waals surface area (Å²) in [6, 6.07) is 7.48. The molecule has 0 amide bonds. The van der Waals surface area contributed by atoms with Crippen molar-refractivity contribution in [2.75, 3.05) is 0 Å². The Labute approximate surface area is 116 Å². The van der Waals surface area contributed by atoms with Gasteiger partial charge in [0.25, 0.3) is 0 Å². The number of rotatable bonds is 4. The van der Waals surface area contributed by atoms with Gasteiger partial charge in [-0.1, -0.05) is 11.2 Å². The van der Waals surface area contributed by atoms with Crippen LogP contribution in [0.5, 0.6) is 0 Å².